The summed E-state index contributed by atoms with van der Waals surface area (Å²) in [4.78, 5) is 10.7. The highest BCUT2D eigenvalue weighted by Crippen LogP contribution is 2.23. The summed E-state index contributed by atoms with van der Waals surface area (Å²) in [5.41, 5.74) is 3.86. The van der Waals surface area contributed by atoms with Gasteiger partial charge in [-0.05, 0) is 31.1 Å². The highest BCUT2D eigenvalue weighted by atomic mass is 16.6. The first kappa shape index (κ1) is 11.3. The van der Waals surface area contributed by atoms with E-state index in [-0.39, 0.29) is 6.42 Å². The smallest absolute Gasteiger partial charge is 0.309 e. The first-order chi connectivity index (χ1) is 8.06. The summed E-state index contributed by atoms with van der Waals surface area (Å²) < 4.78 is 4.62. The molecule has 0 saturated heterocycles. The van der Waals surface area contributed by atoms with Gasteiger partial charge in [-0.2, -0.15) is 0 Å². The van der Waals surface area contributed by atoms with Crippen LogP contribution >= 0.6 is 0 Å². The lowest BCUT2D eigenvalue weighted by Crippen LogP contribution is -2.02. The van der Waals surface area contributed by atoms with Crippen LogP contribution in [0.4, 0.5) is 0 Å². The molecule has 0 aliphatic rings. The van der Waals surface area contributed by atoms with E-state index in [1.807, 2.05) is 32.0 Å². The number of hydrogen-bond acceptors (Lipinski definition) is 4. The van der Waals surface area contributed by atoms with E-state index in [2.05, 4.69) is 14.9 Å². The third-order valence-corrected chi connectivity index (χ3v) is 2.37. The van der Waals surface area contributed by atoms with E-state index in [4.69, 9.17) is 5.11 Å². The molecule has 0 saturated carbocycles. The molecular formula is C12H12N2O3. The maximum atomic E-state index is 10.7. The quantitative estimate of drug-likeness (QED) is 0.875. The second-order valence-electron chi connectivity index (χ2n) is 4.01. The second-order valence-corrected chi connectivity index (χ2v) is 4.01. The SMILES string of the molecule is Cc1cc(C)cc(-c2nonc2CC(=O)O)c1. The van der Waals surface area contributed by atoms with Gasteiger partial charge in [0.05, 0.1) is 6.42 Å². The molecule has 0 aliphatic heterocycles. The van der Waals surface area contributed by atoms with Crippen molar-refractivity contribution in [3.05, 3.63) is 35.0 Å². The van der Waals surface area contributed by atoms with Crippen LogP contribution in [0.2, 0.25) is 0 Å². The second kappa shape index (κ2) is 4.37. The van der Waals surface area contributed by atoms with Gasteiger partial charge in [-0.25, -0.2) is 4.63 Å². The number of carboxylic acid groups (broad SMARTS) is 1. The standard InChI is InChI=1S/C12H12N2O3/c1-7-3-8(2)5-9(4-7)12-10(6-11(15)16)13-17-14-12/h3-5H,6H2,1-2H3,(H,15,16). The van der Waals surface area contributed by atoms with Gasteiger partial charge < -0.3 is 5.11 Å². The van der Waals surface area contributed by atoms with Crippen LogP contribution in [0.5, 0.6) is 0 Å². The van der Waals surface area contributed by atoms with Gasteiger partial charge in [0.1, 0.15) is 11.4 Å². The molecule has 1 aromatic heterocycles. The van der Waals surface area contributed by atoms with Crippen molar-refractivity contribution >= 4 is 5.97 Å². The normalized spacial score (nSPS) is 10.5. The number of aromatic nitrogens is 2. The number of carboxylic acids is 1. The summed E-state index contributed by atoms with van der Waals surface area (Å²) in [6.45, 7) is 3.95. The van der Waals surface area contributed by atoms with Crippen molar-refractivity contribution < 1.29 is 14.5 Å². The summed E-state index contributed by atoms with van der Waals surface area (Å²) >= 11 is 0. The van der Waals surface area contributed by atoms with Gasteiger partial charge in [-0.1, -0.05) is 22.3 Å². The molecule has 1 N–H and O–H groups in total. The van der Waals surface area contributed by atoms with Gasteiger partial charge in [-0.3, -0.25) is 4.79 Å². The number of benzene rings is 1. The predicted molar refractivity (Wildman–Crippen MR) is 60.5 cm³/mol. The molecule has 2 aromatic rings. The molecule has 0 spiro atoms. The Morgan fingerprint density at radius 2 is 1.88 bits per heavy atom. The highest BCUT2D eigenvalue weighted by molar-refractivity contribution is 5.73. The zero-order valence-electron chi connectivity index (χ0n) is 9.60. The largest absolute Gasteiger partial charge is 0.481 e. The highest BCUT2D eigenvalue weighted by Gasteiger charge is 2.15. The Balaban J connectivity index is 2.45. The molecule has 1 heterocycles. The molecule has 5 nitrogen and oxygen atoms in total. The van der Waals surface area contributed by atoms with E-state index in [0.717, 1.165) is 16.7 Å². The van der Waals surface area contributed by atoms with Crippen molar-refractivity contribution in [2.75, 3.05) is 0 Å². The van der Waals surface area contributed by atoms with Crippen LogP contribution in [0, 0.1) is 13.8 Å². The average molecular weight is 232 g/mol. The first-order valence-corrected chi connectivity index (χ1v) is 5.18. The van der Waals surface area contributed by atoms with Crippen molar-refractivity contribution in [2.45, 2.75) is 20.3 Å². The van der Waals surface area contributed by atoms with E-state index >= 15 is 0 Å². The molecule has 0 aliphatic carbocycles. The fourth-order valence-electron chi connectivity index (χ4n) is 1.80. The van der Waals surface area contributed by atoms with Gasteiger partial charge in [-0.15, -0.1) is 0 Å². The molecule has 1 aromatic carbocycles. The molecule has 0 amide bonds. The monoisotopic (exact) mass is 232 g/mol. The van der Waals surface area contributed by atoms with E-state index < -0.39 is 5.97 Å². The van der Waals surface area contributed by atoms with Gasteiger partial charge in [0.25, 0.3) is 0 Å². The van der Waals surface area contributed by atoms with Crippen LogP contribution in [-0.4, -0.2) is 21.4 Å². The van der Waals surface area contributed by atoms with Crippen molar-refractivity contribution in [1.82, 2.24) is 10.3 Å². The number of nitrogens with zero attached hydrogens (tertiary/aromatic N) is 2. The van der Waals surface area contributed by atoms with Crippen LogP contribution < -0.4 is 0 Å². The molecule has 17 heavy (non-hydrogen) atoms. The van der Waals surface area contributed by atoms with Crippen molar-refractivity contribution in [3.63, 3.8) is 0 Å². The first-order valence-electron chi connectivity index (χ1n) is 5.18. The van der Waals surface area contributed by atoms with Crippen LogP contribution in [0.3, 0.4) is 0 Å². The topological polar surface area (TPSA) is 76.2 Å². The Hall–Kier alpha value is -2.17. The van der Waals surface area contributed by atoms with Crippen LogP contribution in [0.15, 0.2) is 22.8 Å². The Morgan fingerprint density at radius 3 is 2.47 bits per heavy atom. The number of aryl methyl sites for hydroxylation is 2. The molecule has 0 bridgehead atoms. The lowest BCUT2D eigenvalue weighted by atomic mass is 10.0. The molecule has 0 fully saturated rings. The summed E-state index contributed by atoms with van der Waals surface area (Å²) in [7, 11) is 0. The maximum Gasteiger partial charge on any atom is 0.309 e. The van der Waals surface area contributed by atoms with Gasteiger partial charge in [0.2, 0.25) is 0 Å². The number of rotatable bonds is 3. The fourth-order valence-corrected chi connectivity index (χ4v) is 1.80. The van der Waals surface area contributed by atoms with Gasteiger partial charge in [0.15, 0.2) is 0 Å². The molecule has 88 valence electrons. The fraction of sp³-hybridized carbons (Fsp3) is 0.250. The Kier molecular flexibility index (Phi) is 2.91. The molecule has 0 radical (unpaired) electrons. The lowest BCUT2D eigenvalue weighted by Gasteiger charge is -2.02. The minimum atomic E-state index is -0.952. The zero-order chi connectivity index (χ0) is 12.4. The third kappa shape index (κ3) is 2.50. The summed E-state index contributed by atoms with van der Waals surface area (Å²) in [6, 6.07) is 5.89. The lowest BCUT2D eigenvalue weighted by molar-refractivity contribution is -0.136. The van der Waals surface area contributed by atoms with Gasteiger partial charge in [0, 0.05) is 5.56 Å². The number of aliphatic carboxylic acids is 1. The molecule has 0 atom stereocenters. The summed E-state index contributed by atoms with van der Waals surface area (Å²) in [6.07, 6.45) is -0.189. The average Bonchev–Trinajstić information content (AvgIpc) is 2.63. The van der Waals surface area contributed by atoms with E-state index in [1.165, 1.54) is 0 Å². The van der Waals surface area contributed by atoms with Crippen molar-refractivity contribution in [2.24, 2.45) is 0 Å². The van der Waals surface area contributed by atoms with E-state index in [0.29, 0.717) is 11.4 Å². The van der Waals surface area contributed by atoms with Crippen molar-refractivity contribution in [1.29, 1.82) is 0 Å². The Bertz CT molecular complexity index is 540. The summed E-state index contributed by atoms with van der Waals surface area (Å²) in [5, 5.41) is 16.2. The minimum absolute atomic E-state index is 0.189. The predicted octanol–water partition coefficient (Wildman–Crippen LogP) is 1.98. The third-order valence-electron chi connectivity index (χ3n) is 2.37. The Morgan fingerprint density at radius 1 is 1.24 bits per heavy atom. The minimum Gasteiger partial charge on any atom is -0.481 e. The number of carbonyl (C=O) groups is 1. The molecule has 5 heteroatoms. The zero-order valence-corrected chi connectivity index (χ0v) is 9.60. The van der Waals surface area contributed by atoms with Crippen molar-refractivity contribution in [3.8, 4) is 11.3 Å². The van der Waals surface area contributed by atoms with E-state index in [1.54, 1.807) is 0 Å². The molecule has 2 rings (SSSR count). The maximum absolute atomic E-state index is 10.7. The summed E-state index contributed by atoms with van der Waals surface area (Å²) in [5.74, 6) is -0.952. The van der Waals surface area contributed by atoms with E-state index in [9.17, 15) is 4.79 Å². The Labute approximate surface area is 98.0 Å². The molecule has 0 unspecified atom stereocenters. The van der Waals surface area contributed by atoms with Crippen LogP contribution in [-0.2, 0) is 11.2 Å². The number of hydrogen-bond donors (Lipinski definition) is 1. The van der Waals surface area contributed by atoms with Gasteiger partial charge >= 0.3 is 5.97 Å². The van der Waals surface area contributed by atoms with Crippen LogP contribution in [0.1, 0.15) is 16.8 Å². The molecular weight excluding hydrogens is 220 g/mol. The van der Waals surface area contributed by atoms with Crippen LogP contribution in [0.25, 0.3) is 11.3 Å².